The van der Waals surface area contributed by atoms with E-state index in [2.05, 4.69) is 4.74 Å². The smallest absolute Gasteiger partial charge is 0.310 e. The topological polar surface area (TPSA) is 72.6 Å². The second-order valence-electron chi connectivity index (χ2n) is 5.19. The molecule has 0 fully saturated rings. The predicted molar refractivity (Wildman–Crippen MR) is 66.3 cm³/mol. The SMILES string of the molecule is COC(=O)C(C)CN(C)C(=O)CCC(C)(C)N. The summed E-state index contributed by atoms with van der Waals surface area (Å²) in [7, 11) is 3.03. The molecule has 1 amide bonds. The standard InChI is InChI=1S/C12H24N2O3/c1-9(11(16)17-5)8-14(4)10(15)6-7-12(2,3)13/h9H,6-8,13H2,1-5H3. The summed E-state index contributed by atoms with van der Waals surface area (Å²) in [5, 5.41) is 0. The summed E-state index contributed by atoms with van der Waals surface area (Å²) in [5.41, 5.74) is 5.47. The van der Waals surface area contributed by atoms with Crippen LogP contribution in [0.5, 0.6) is 0 Å². The van der Waals surface area contributed by atoms with Crippen LogP contribution < -0.4 is 5.73 Å². The van der Waals surface area contributed by atoms with Gasteiger partial charge in [-0.1, -0.05) is 6.92 Å². The fourth-order valence-corrected chi connectivity index (χ4v) is 1.41. The molecule has 0 aromatic heterocycles. The number of carbonyl (C=O) groups is 2. The molecule has 0 aromatic carbocycles. The summed E-state index contributed by atoms with van der Waals surface area (Å²) in [6, 6.07) is 0. The van der Waals surface area contributed by atoms with Gasteiger partial charge in [-0.3, -0.25) is 9.59 Å². The van der Waals surface area contributed by atoms with Gasteiger partial charge in [0.1, 0.15) is 0 Å². The van der Waals surface area contributed by atoms with E-state index in [1.54, 1.807) is 18.9 Å². The van der Waals surface area contributed by atoms with Crippen LogP contribution in [0.4, 0.5) is 0 Å². The molecule has 0 aliphatic carbocycles. The first-order chi connectivity index (χ1) is 7.67. The molecule has 0 bridgehead atoms. The second-order valence-corrected chi connectivity index (χ2v) is 5.19. The van der Waals surface area contributed by atoms with E-state index in [1.165, 1.54) is 7.11 Å². The highest BCUT2D eigenvalue weighted by Crippen LogP contribution is 2.09. The van der Waals surface area contributed by atoms with E-state index in [9.17, 15) is 9.59 Å². The van der Waals surface area contributed by atoms with Gasteiger partial charge in [-0.15, -0.1) is 0 Å². The summed E-state index contributed by atoms with van der Waals surface area (Å²) < 4.78 is 4.61. The third-order valence-corrected chi connectivity index (χ3v) is 2.56. The molecule has 2 N–H and O–H groups in total. The van der Waals surface area contributed by atoms with Gasteiger partial charge in [0.05, 0.1) is 13.0 Å². The lowest BCUT2D eigenvalue weighted by Crippen LogP contribution is -2.37. The highest BCUT2D eigenvalue weighted by Gasteiger charge is 2.20. The van der Waals surface area contributed by atoms with Crippen LogP contribution in [-0.4, -0.2) is 43.0 Å². The van der Waals surface area contributed by atoms with Crippen LogP contribution >= 0.6 is 0 Å². The van der Waals surface area contributed by atoms with Crippen molar-refractivity contribution in [1.29, 1.82) is 0 Å². The Kier molecular flexibility index (Phi) is 6.16. The molecule has 0 saturated heterocycles. The highest BCUT2D eigenvalue weighted by molar-refractivity contribution is 5.77. The number of hydrogen-bond donors (Lipinski definition) is 1. The summed E-state index contributed by atoms with van der Waals surface area (Å²) in [6.07, 6.45) is 1.02. The van der Waals surface area contributed by atoms with Gasteiger partial charge in [-0.2, -0.15) is 0 Å². The normalized spacial score (nSPS) is 13.1. The van der Waals surface area contributed by atoms with Crippen LogP contribution in [0.1, 0.15) is 33.6 Å². The van der Waals surface area contributed by atoms with Gasteiger partial charge in [0.2, 0.25) is 5.91 Å². The Hall–Kier alpha value is -1.10. The molecule has 0 rings (SSSR count). The number of rotatable bonds is 6. The summed E-state index contributed by atoms with van der Waals surface area (Å²) >= 11 is 0. The quantitative estimate of drug-likeness (QED) is 0.700. The number of hydrogen-bond acceptors (Lipinski definition) is 4. The first kappa shape index (κ1) is 15.9. The molecule has 17 heavy (non-hydrogen) atoms. The molecule has 5 nitrogen and oxygen atoms in total. The summed E-state index contributed by atoms with van der Waals surface area (Å²) in [4.78, 5) is 24.5. The van der Waals surface area contributed by atoms with Crippen LogP contribution in [0.15, 0.2) is 0 Å². The van der Waals surface area contributed by atoms with Gasteiger partial charge in [0.15, 0.2) is 0 Å². The van der Waals surface area contributed by atoms with Gasteiger partial charge in [0.25, 0.3) is 0 Å². The molecule has 0 aromatic rings. The Labute approximate surface area is 103 Å². The maximum absolute atomic E-state index is 11.8. The van der Waals surface area contributed by atoms with E-state index in [1.807, 2.05) is 13.8 Å². The Morgan fingerprint density at radius 3 is 2.35 bits per heavy atom. The third kappa shape index (κ3) is 6.94. The molecule has 1 atom stereocenters. The molecule has 0 aliphatic heterocycles. The minimum atomic E-state index is -0.343. The number of ether oxygens (including phenoxy) is 1. The molecule has 0 aliphatic rings. The molecule has 0 radical (unpaired) electrons. The van der Waals surface area contributed by atoms with E-state index < -0.39 is 0 Å². The number of amides is 1. The Balaban J connectivity index is 4.10. The summed E-state index contributed by atoms with van der Waals surface area (Å²) in [5.74, 6) is -0.608. The van der Waals surface area contributed by atoms with Crippen LogP contribution in [-0.2, 0) is 14.3 Å². The Morgan fingerprint density at radius 1 is 1.41 bits per heavy atom. The van der Waals surface area contributed by atoms with Crippen molar-refractivity contribution in [1.82, 2.24) is 4.90 Å². The Morgan fingerprint density at radius 2 is 1.94 bits per heavy atom. The van der Waals surface area contributed by atoms with Gasteiger partial charge >= 0.3 is 5.97 Å². The maximum atomic E-state index is 11.8. The summed E-state index contributed by atoms with van der Waals surface area (Å²) in [6.45, 7) is 5.88. The van der Waals surface area contributed by atoms with Gasteiger partial charge in [-0.05, 0) is 20.3 Å². The number of esters is 1. The Bertz CT molecular complexity index is 271. The van der Waals surface area contributed by atoms with Crippen LogP contribution in [0.3, 0.4) is 0 Å². The molecular weight excluding hydrogens is 220 g/mol. The first-order valence-electron chi connectivity index (χ1n) is 5.78. The molecule has 0 spiro atoms. The molecule has 100 valence electrons. The van der Waals surface area contributed by atoms with E-state index >= 15 is 0 Å². The van der Waals surface area contributed by atoms with Crippen molar-refractivity contribution >= 4 is 11.9 Å². The number of nitrogens with two attached hydrogens (primary N) is 1. The van der Waals surface area contributed by atoms with Crippen molar-refractivity contribution in [2.75, 3.05) is 20.7 Å². The fourth-order valence-electron chi connectivity index (χ4n) is 1.41. The third-order valence-electron chi connectivity index (χ3n) is 2.56. The van der Waals surface area contributed by atoms with Crippen LogP contribution in [0.2, 0.25) is 0 Å². The molecule has 0 saturated carbocycles. The van der Waals surface area contributed by atoms with Crippen LogP contribution in [0.25, 0.3) is 0 Å². The van der Waals surface area contributed by atoms with E-state index in [4.69, 9.17) is 5.73 Å². The maximum Gasteiger partial charge on any atom is 0.310 e. The zero-order valence-corrected chi connectivity index (χ0v) is 11.4. The first-order valence-corrected chi connectivity index (χ1v) is 5.78. The lowest BCUT2D eigenvalue weighted by molar-refractivity contribution is -0.146. The van der Waals surface area contributed by atoms with E-state index in [-0.39, 0.29) is 23.3 Å². The molecule has 0 heterocycles. The lowest BCUT2D eigenvalue weighted by atomic mass is 9.99. The zero-order valence-electron chi connectivity index (χ0n) is 11.4. The van der Waals surface area contributed by atoms with E-state index in [0.29, 0.717) is 19.4 Å². The molecule has 5 heteroatoms. The largest absolute Gasteiger partial charge is 0.469 e. The van der Waals surface area contributed by atoms with Crippen molar-refractivity contribution in [2.45, 2.75) is 39.2 Å². The van der Waals surface area contributed by atoms with Crippen molar-refractivity contribution in [3.05, 3.63) is 0 Å². The van der Waals surface area contributed by atoms with Gasteiger partial charge in [0, 0.05) is 25.6 Å². The fraction of sp³-hybridized carbons (Fsp3) is 0.833. The average molecular weight is 244 g/mol. The monoisotopic (exact) mass is 244 g/mol. The van der Waals surface area contributed by atoms with Gasteiger partial charge in [-0.25, -0.2) is 0 Å². The lowest BCUT2D eigenvalue weighted by Gasteiger charge is -2.23. The zero-order chi connectivity index (χ0) is 13.6. The van der Waals surface area contributed by atoms with Crippen molar-refractivity contribution in [3.63, 3.8) is 0 Å². The molecule has 1 unspecified atom stereocenters. The van der Waals surface area contributed by atoms with Crippen LogP contribution in [0, 0.1) is 5.92 Å². The number of nitrogens with zero attached hydrogens (tertiary/aromatic N) is 1. The van der Waals surface area contributed by atoms with Crippen molar-refractivity contribution < 1.29 is 14.3 Å². The minimum Gasteiger partial charge on any atom is -0.469 e. The molecular formula is C12H24N2O3. The van der Waals surface area contributed by atoms with E-state index in [0.717, 1.165) is 0 Å². The average Bonchev–Trinajstić information content (AvgIpc) is 2.23. The van der Waals surface area contributed by atoms with Crippen molar-refractivity contribution in [3.8, 4) is 0 Å². The number of carbonyl (C=O) groups excluding carboxylic acids is 2. The minimum absolute atomic E-state index is 0.000668. The van der Waals surface area contributed by atoms with Crippen molar-refractivity contribution in [2.24, 2.45) is 11.7 Å². The number of methoxy groups -OCH3 is 1. The predicted octanol–water partition coefficient (Wildman–Crippen LogP) is 0.771. The highest BCUT2D eigenvalue weighted by atomic mass is 16.5. The van der Waals surface area contributed by atoms with Gasteiger partial charge < -0.3 is 15.4 Å². The second kappa shape index (κ2) is 6.59.